The third-order valence-corrected chi connectivity index (χ3v) is 5.19. The molecule has 3 aliphatic heterocycles. The molecule has 1 aromatic rings. The first-order valence-electron chi connectivity index (χ1n) is 7.21. The first kappa shape index (κ1) is 12.7. The topological polar surface area (TPSA) is 24.9 Å². The van der Waals surface area contributed by atoms with Gasteiger partial charge in [0.2, 0.25) is 6.79 Å². The van der Waals surface area contributed by atoms with Crippen molar-refractivity contribution in [1.82, 2.24) is 9.80 Å². The molecule has 0 saturated carbocycles. The van der Waals surface area contributed by atoms with Crippen LogP contribution in [-0.2, 0) is 6.54 Å². The minimum absolute atomic E-state index is 0.299. The Balaban J connectivity index is 1.50. The average Bonchev–Trinajstić information content (AvgIpc) is 3.09. The highest BCUT2D eigenvalue weighted by Crippen LogP contribution is 2.38. The predicted octanol–water partition coefficient (Wildman–Crippen LogP) is 2.20. The molecule has 1 aromatic carbocycles. The Morgan fingerprint density at radius 1 is 1.25 bits per heavy atom. The summed E-state index contributed by atoms with van der Waals surface area (Å²) in [7, 11) is 2.24. The number of fused-ring (bicyclic) bond motifs is 2. The largest absolute Gasteiger partial charge is 0.454 e. The first-order chi connectivity index (χ1) is 9.70. The summed E-state index contributed by atoms with van der Waals surface area (Å²) < 4.78 is 10.8. The lowest BCUT2D eigenvalue weighted by Gasteiger charge is -2.21. The van der Waals surface area contributed by atoms with Crippen LogP contribution in [0.2, 0.25) is 5.02 Å². The molecule has 108 valence electrons. The lowest BCUT2D eigenvalue weighted by molar-refractivity contribution is 0.174. The van der Waals surface area contributed by atoms with Gasteiger partial charge in [0.1, 0.15) is 0 Å². The second kappa shape index (κ2) is 4.79. The van der Waals surface area contributed by atoms with Crippen molar-refractivity contribution in [3.63, 3.8) is 0 Å². The summed E-state index contributed by atoms with van der Waals surface area (Å²) in [4.78, 5) is 5.00. The van der Waals surface area contributed by atoms with Gasteiger partial charge in [-0.3, -0.25) is 4.90 Å². The quantitative estimate of drug-likeness (QED) is 0.835. The molecular formula is C15H19ClN2O2. The molecule has 3 aliphatic rings. The van der Waals surface area contributed by atoms with E-state index in [1.807, 2.05) is 12.1 Å². The van der Waals surface area contributed by atoms with E-state index in [9.17, 15) is 0 Å². The van der Waals surface area contributed by atoms with E-state index in [1.54, 1.807) is 0 Å². The van der Waals surface area contributed by atoms with Gasteiger partial charge in [0, 0.05) is 36.8 Å². The number of nitrogens with zero attached hydrogens (tertiary/aromatic N) is 2. The van der Waals surface area contributed by atoms with E-state index in [0.29, 0.717) is 6.79 Å². The van der Waals surface area contributed by atoms with Crippen LogP contribution in [0.5, 0.6) is 11.5 Å². The van der Waals surface area contributed by atoms with E-state index in [4.69, 9.17) is 21.1 Å². The Morgan fingerprint density at radius 2 is 2.05 bits per heavy atom. The number of hydrogen-bond donors (Lipinski definition) is 0. The SMILES string of the molecule is CN1CC[C@H]2CN(Cc3cc4c(cc3Cl)OCO4)C[C@H]21. The molecule has 2 saturated heterocycles. The number of likely N-dealkylation sites (N-methyl/N-ethyl adjacent to an activating group) is 1. The van der Waals surface area contributed by atoms with Crippen molar-refractivity contribution >= 4 is 11.6 Å². The van der Waals surface area contributed by atoms with Gasteiger partial charge in [-0.15, -0.1) is 0 Å². The van der Waals surface area contributed by atoms with Gasteiger partial charge < -0.3 is 14.4 Å². The maximum Gasteiger partial charge on any atom is 0.231 e. The highest BCUT2D eigenvalue weighted by molar-refractivity contribution is 6.31. The van der Waals surface area contributed by atoms with Gasteiger partial charge in [-0.2, -0.15) is 0 Å². The number of benzene rings is 1. The summed E-state index contributed by atoms with van der Waals surface area (Å²) >= 11 is 6.36. The molecular weight excluding hydrogens is 276 g/mol. The summed E-state index contributed by atoms with van der Waals surface area (Å²) in [5, 5.41) is 0.777. The summed E-state index contributed by atoms with van der Waals surface area (Å²) in [6.07, 6.45) is 1.33. The highest BCUT2D eigenvalue weighted by Gasteiger charge is 2.39. The van der Waals surface area contributed by atoms with Gasteiger partial charge in [-0.25, -0.2) is 0 Å². The van der Waals surface area contributed by atoms with Crippen LogP contribution in [0.1, 0.15) is 12.0 Å². The van der Waals surface area contributed by atoms with Crippen LogP contribution < -0.4 is 9.47 Å². The Hall–Kier alpha value is -0.970. The van der Waals surface area contributed by atoms with E-state index >= 15 is 0 Å². The van der Waals surface area contributed by atoms with Crippen LogP contribution in [-0.4, -0.2) is 49.3 Å². The molecule has 4 rings (SSSR count). The van der Waals surface area contributed by atoms with E-state index in [-0.39, 0.29) is 0 Å². The molecule has 20 heavy (non-hydrogen) atoms. The molecule has 0 spiro atoms. The van der Waals surface area contributed by atoms with Gasteiger partial charge in [0.15, 0.2) is 11.5 Å². The van der Waals surface area contributed by atoms with Crippen molar-refractivity contribution in [2.45, 2.75) is 19.0 Å². The standard InChI is InChI=1S/C15H19ClN2O2/c1-17-3-2-10-6-18(8-13(10)17)7-11-4-14-15(5-12(11)16)20-9-19-14/h4-5,10,13H,2-3,6-9H2,1H3/t10-,13+/m0/s1. The van der Waals surface area contributed by atoms with Crippen molar-refractivity contribution in [3.8, 4) is 11.5 Å². The van der Waals surface area contributed by atoms with Crippen molar-refractivity contribution in [2.24, 2.45) is 5.92 Å². The molecule has 5 heteroatoms. The fourth-order valence-electron chi connectivity index (χ4n) is 3.71. The van der Waals surface area contributed by atoms with Crippen LogP contribution in [0.25, 0.3) is 0 Å². The third kappa shape index (κ3) is 2.07. The molecule has 0 amide bonds. The van der Waals surface area contributed by atoms with E-state index in [1.165, 1.54) is 19.5 Å². The smallest absolute Gasteiger partial charge is 0.231 e. The number of halogens is 1. The lowest BCUT2D eigenvalue weighted by Crippen LogP contribution is -2.31. The monoisotopic (exact) mass is 294 g/mol. The maximum absolute atomic E-state index is 6.36. The number of likely N-dealkylation sites (tertiary alicyclic amines) is 2. The second-order valence-corrected chi connectivity index (χ2v) is 6.49. The zero-order valence-corrected chi connectivity index (χ0v) is 12.4. The van der Waals surface area contributed by atoms with Crippen molar-refractivity contribution in [2.75, 3.05) is 33.5 Å². The van der Waals surface area contributed by atoms with Crippen molar-refractivity contribution in [3.05, 3.63) is 22.7 Å². The molecule has 0 unspecified atom stereocenters. The molecule has 2 atom stereocenters. The van der Waals surface area contributed by atoms with Gasteiger partial charge >= 0.3 is 0 Å². The zero-order chi connectivity index (χ0) is 13.7. The van der Waals surface area contributed by atoms with Crippen LogP contribution in [0, 0.1) is 5.92 Å². The van der Waals surface area contributed by atoms with Crippen LogP contribution >= 0.6 is 11.6 Å². The summed E-state index contributed by atoms with van der Waals surface area (Å²) in [5.74, 6) is 2.41. The molecule has 0 aromatic heterocycles. The van der Waals surface area contributed by atoms with Gasteiger partial charge in [-0.1, -0.05) is 11.6 Å². The normalized spacial score (nSPS) is 29.1. The number of ether oxygens (including phenoxy) is 2. The molecule has 0 N–H and O–H groups in total. The van der Waals surface area contributed by atoms with Gasteiger partial charge in [-0.05, 0) is 37.6 Å². The molecule has 3 heterocycles. The lowest BCUT2D eigenvalue weighted by atomic mass is 10.1. The van der Waals surface area contributed by atoms with Crippen LogP contribution in [0.4, 0.5) is 0 Å². The highest BCUT2D eigenvalue weighted by atomic mass is 35.5. The van der Waals surface area contributed by atoms with E-state index in [0.717, 1.165) is 47.1 Å². The van der Waals surface area contributed by atoms with Gasteiger partial charge in [0.25, 0.3) is 0 Å². The Kier molecular flexibility index (Phi) is 3.05. The second-order valence-electron chi connectivity index (χ2n) is 6.09. The fraction of sp³-hybridized carbons (Fsp3) is 0.600. The zero-order valence-electron chi connectivity index (χ0n) is 11.6. The van der Waals surface area contributed by atoms with Crippen molar-refractivity contribution < 1.29 is 9.47 Å². The Labute approximate surface area is 124 Å². The van der Waals surface area contributed by atoms with Crippen LogP contribution in [0.15, 0.2) is 12.1 Å². The fourth-order valence-corrected chi connectivity index (χ4v) is 3.92. The Morgan fingerprint density at radius 3 is 2.85 bits per heavy atom. The average molecular weight is 295 g/mol. The Bertz CT molecular complexity index is 537. The summed E-state index contributed by atoms with van der Waals surface area (Å²) in [6.45, 7) is 4.77. The van der Waals surface area contributed by atoms with Gasteiger partial charge in [0.05, 0.1) is 0 Å². The minimum Gasteiger partial charge on any atom is -0.454 e. The maximum atomic E-state index is 6.36. The van der Waals surface area contributed by atoms with Crippen LogP contribution in [0.3, 0.4) is 0 Å². The summed E-state index contributed by atoms with van der Waals surface area (Å²) in [6, 6.07) is 4.63. The third-order valence-electron chi connectivity index (χ3n) is 4.84. The molecule has 0 bridgehead atoms. The molecule has 4 nitrogen and oxygen atoms in total. The van der Waals surface area contributed by atoms with E-state index < -0.39 is 0 Å². The molecule has 0 aliphatic carbocycles. The van der Waals surface area contributed by atoms with Crippen molar-refractivity contribution in [1.29, 1.82) is 0 Å². The summed E-state index contributed by atoms with van der Waals surface area (Å²) in [5.41, 5.74) is 1.14. The first-order valence-corrected chi connectivity index (χ1v) is 7.59. The predicted molar refractivity (Wildman–Crippen MR) is 77.4 cm³/mol. The molecule has 0 radical (unpaired) electrons. The number of rotatable bonds is 2. The minimum atomic E-state index is 0.299. The number of hydrogen-bond acceptors (Lipinski definition) is 4. The van der Waals surface area contributed by atoms with E-state index in [2.05, 4.69) is 16.8 Å². The molecule has 2 fully saturated rings.